The van der Waals surface area contributed by atoms with Crippen LogP contribution in [-0.4, -0.2) is 22.0 Å². The van der Waals surface area contributed by atoms with Crippen molar-refractivity contribution in [3.05, 3.63) is 23.9 Å². The van der Waals surface area contributed by atoms with Crippen molar-refractivity contribution in [3.63, 3.8) is 0 Å². The molecule has 1 amide bonds. The fraction of sp³-hybridized carbons (Fsp3) is 0.417. The molecule has 1 aromatic heterocycles. The predicted molar refractivity (Wildman–Crippen MR) is 63.9 cm³/mol. The van der Waals surface area contributed by atoms with Crippen LogP contribution in [0.2, 0.25) is 0 Å². The molecular formula is C12H16N2O3. The third-order valence-corrected chi connectivity index (χ3v) is 2.23. The van der Waals surface area contributed by atoms with E-state index in [2.05, 4.69) is 10.3 Å². The Balaban J connectivity index is 2.51. The fourth-order valence-corrected chi connectivity index (χ4v) is 1.22. The maximum absolute atomic E-state index is 11.5. The number of aromatic carboxylic acids is 1. The summed E-state index contributed by atoms with van der Waals surface area (Å²) in [5.41, 5.74) is 0.102. The molecule has 1 aromatic rings. The number of carboxylic acid groups (broad SMARTS) is 1. The van der Waals surface area contributed by atoms with E-state index in [1.807, 2.05) is 13.8 Å². The Hall–Kier alpha value is -1.91. The Kier molecular flexibility index (Phi) is 4.63. The normalized spacial score (nSPS) is 10.3. The van der Waals surface area contributed by atoms with Crippen molar-refractivity contribution in [3.8, 4) is 0 Å². The van der Waals surface area contributed by atoms with Crippen LogP contribution >= 0.6 is 0 Å². The molecule has 0 aliphatic carbocycles. The molecule has 0 saturated carbocycles. The highest BCUT2D eigenvalue weighted by molar-refractivity contribution is 5.91. The summed E-state index contributed by atoms with van der Waals surface area (Å²) in [6.07, 6.45) is 2.49. The van der Waals surface area contributed by atoms with Crippen LogP contribution in [0.25, 0.3) is 0 Å². The van der Waals surface area contributed by atoms with E-state index >= 15 is 0 Å². The standard InChI is InChI=1S/C12H16N2O3/c1-8(2)3-6-11(15)14-10-5-4-9(7-13-10)12(16)17/h4-5,7-8H,3,6H2,1-2H3,(H,16,17)(H,13,14,15). The van der Waals surface area contributed by atoms with E-state index in [0.717, 1.165) is 6.42 Å². The molecule has 0 fully saturated rings. The molecule has 0 unspecified atom stereocenters. The highest BCUT2D eigenvalue weighted by Crippen LogP contribution is 2.08. The van der Waals surface area contributed by atoms with E-state index in [-0.39, 0.29) is 11.5 Å². The smallest absolute Gasteiger partial charge is 0.337 e. The predicted octanol–water partition coefficient (Wildman–Crippen LogP) is 2.15. The molecule has 1 heterocycles. The summed E-state index contributed by atoms with van der Waals surface area (Å²) in [6.45, 7) is 4.10. The van der Waals surface area contributed by atoms with Gasteiger partial charge in [0.2, 0.25) is 5.91 Å². The number of amides is 1. The highest BCUT2D eigenvalue weighted by atomic mass is 16.4. The first kappa shape index (κ1) is 13.2. The lowest BCUT2D eigenvalue weighted by Crippen LogP contribution is -2.13. The number of carbonyl (C=O) groups excluding carboxylic acids is 1. The molecule has 2 N–H and O–H groups in total. The largest absolute Gasteiger partial charge is 0.478 e. The molecule has 5 nitrogen and oxygen atoms in total. The van der Waals surface area contributed by atoms with Gasteiger partial charge in [-0.05, 0) is 24.5 Å². The summed E-state index contributed by atoms with van der Waals surface area (Å²) >= 11 is 0. The summed E-state index contributed by atoms with van der Waals surface area (Å²) in [7, 11) is 0. The average Bonchev–Trinajstić information content (AvgIpc) is 2.27. The second-order valence-electron chi connectivity index (χ2n) is 4.22. The Labute approximate surface area is 99.9 Å². The third-order valence-electron chi connectivity index (χ3n) is 2.23. The number of nitrogens with one attached hydrogen (secondary N) is 1. The number of hydrogen-bond donors (Lipinski definition) is 2. The van der Waals surface area contributed by atoms with Crippen molar-refractivity contribution in [1.82, 2.24) is 4.98 Å². The quantitative estimate of drug-likeness (QED) is 0.821. The summed E-state index contributed by atoms with van der Waals surface area (Å²) in [4.78, 5) is 25.9. The van der Waals surface area contributed by atoms with Crippen LogP contribution in [0.5, 0.6) is 0 Å². The number of nitrogens with zero attached hydrogens (tertiary/aromatic N) is 1. The molecular weight excluding hydrogens is 220 g/mol. The van der Waals surface area contributed by atoms with Gasteiger partial charge in [-0.1, -0.05) is 13.8 Å². The van der Waals surface area contributed by atoms with Gasteiger partial charge in [0, 0.05) is 12.6 Å². The molecule has 0 aromatic carbocycles. The van der Waals surface area contributed by atoms with Crippen molar-refractivity contribution in [2.45, 2.75) is 26.7 Å². The molecule has 0 radical (unpaired) electrons. The molecule has 0 atom stereocenters. The maximum atomic E-state index is 11.5. The summed E-state index contributed by atoms with van der Waals surface area (Å²) in [5, 5.41) is 11.3. The van der Waals surface area contributed by atoms with Crippen LogP contribution in [-0.2, 0) is 4.79 Å². The second kappa shape index (κ2) is 5.98. The molecule has 5 heteroatoms. The minimum atomic E-state index is -1.03. The van der Waals surface area contributed by atoms with Crippen molar-refractivity contribution in [2.75, 3.05) is 5.32 Å². The zero-order valence-electron chi connectivity index (χ0n) is 9.93. The van der Waals surface area contributed by atoms with Crippen molar-refractivity contribution < 1.29 is 14.7 Å². The van der Waals surface area contributed by atoms with Crippen LogP contribution in [0.1, 0.15) is 37.0 Å². The first-order valence-electron chi connectivity index (χ1n) is 5.48. The van der Waals surface area contributed by atoms with Gasteiger partial charge < -0.3 is 10.4 Å². The van der Waals surface area contributed by atoms with Crippen LogP contribution in [0.3, 0.4) is 0 Å². The van der Waals surface area contributed by atoms with Crippen molar-refractivity contribution in [2.24, 2.45) is 5.92 Å². The van der Waals surface area contributed by atoms with Crippen LogP contribution in [0, 0.1) is 5.92 Å². The lowest BCUT2D eigenvalue weighted by molar-refractivity contribution is -0.116. The zero-order chi connectivity index (χ0) is 12.8. The van der Waals surface area contributed by atoms with Gasteiger partial charge in [0.15, 0.2) is 0 Å². The van der Waals surface area contributed by atoms with Gasteiger partial charge in [-0.3, -0.25) is 4.79 Å². The van der Waals surface area contributed by atoms with Gasteiger partial charge in [-0.2, -0.15) is 0 Å². The van der Waals surface area contributed by atoms with Gasteiger partial charge in [-0.25, -0.2) is 9.78 Å². The molecule has 1 rings (SSSR count). The fourth-order valence-electron chi connectivity index (χ4n) is 1.22. The number of pyridine rings is 1. The Morgan fingerprint density at radius 2 is 2.12 bits per heavy atom. The molecule has 0 spiro atoms. The molecule has 0 aliphatic rings. The molecule has 0 saturated heterocycles. The third kappa shape index (κ3) is 4.63. The average molecular weight is 236 g/mol. The lowest BCUT2D eigenvalue weighted by Gasteiger charge is -2.06. The van der Waals surface area contributed by atoms with Gasteiger partial charge in [-0.15, -0.1) is 0 Å². The SMILES string of the molecule is CC(C)CCC(=O)Nc1ccc(C(=O)O)cn1. The number of aromatic nitrogens is 1. The van der Waals surface area contributed by atoms with Crippen LogP contribution in [0.15, 0.2) is 18.3 Å². The monoisotopic (exact) mass is 236 g/mol. The lowest BCUT2D eigenvalue weighted by atomic mass is 10.1. The van der Waals surface area contributed by atoms with E-state index in [0.29, 0.717) is 18.2 Å². The molecule has 92 valence electrons. The second-order valence-corrected chi connectivity index (χ2v) is 4.22. The van der Waals surface area contributed by atoms with E-state index in [1.165, 1.54) is 18.3 Å². The highest BCUT2D eigenvalue weighted by Gasteiger charge is 2.06. The first-order valence-corrected chi connectivity index (χ1v) is 5.48. The number of hydrogen-bond acceptors (Lipinski definition) is 3. The van der Waals surface area contributed by atoms with E-state index < -0.39 is 5.97 Å². The number of carbonyl (C=O) groups is 2. The minimum Gasteiger partial charge on any atom is -0.478 e. The summed E-state index contributed by atoms with van der Waals surface area (Å²) in [5.74, 6) is -0.281. The first-order chi connectivity index (χ1) is 7.99. The minimum absolute atomic E-state index is 0.102. The van der Waals surface area contributed by atoms with Gasteiger partial charge >= 0.3 is 5.97 Å². The van der Waals surface area contributed by atoms with Crippen molar-refractivity contribution >= 4 is 17.7 Å². The van der Waals surface area contributed by atoms with Gasteiger partial charge in [0.25, 0.3) is 0 Å². The van der Waals surface area contributed by atoms with E-state index in [9.17, 15) is 9.59 Å². The maximum Gasteiger partial charge on any atom is 0.337 e. The Morgan fingerprint density at radius 1 is 1.41 bits per heavy atom. The van der Waals surface area contributed by atoms with Crippen molar-refractivity contribution in [1.29, 1.82) is 0 Å². The van der Waals surface area contributed by atoms with Crippen LogP contribution in [0.4, 0.5) is 5.82 Å². The van der Waals surface area contributed by atoms with E-state index in [4.69, 9.17) is 5.11 Å². The summed E-state index contributed by atoms with van der Waals surface area (Å²) < 4.78 is 0. The number of carboxylic acids is 1. The summed E-state index contributed by atoms with van der Waals surface area (Å²) in [6, 6.07) is 2.89. The molecule has 17 heavy (non-hydrogen) atoms. The van der Waals surface area contributed by atoms with E-state index in [1.54, 1.807) is 0 Å². The molecule has 0 bridgehead atoms. The number of anilines is 1. The van der Waals surface area contributed by atoms with Gasteiger partial charge in [0.05, 0.1) is 5.56 Å². The number of rotatable bonds is 5. The van der Waals surface area contributed by atoms with Gasteiger partial charge in [0.1, 0.15) is 5.82 Å². The Bertz CT molecular complexity index is 399. The zero-order valence-corrected chi connectivity index (χ0v) is 9.93. The molecule has 0 aliphatic heterocycles. The van der Waals surface area contributed by atoms with Crippen LogP contribution < -0.4 is 5.32 Å². The topological polar surface area (TPSA) is 79.3 Å². The Morgan fingerprint density at radius 3 is 2.59 bits per heavy atom.